The molecule has 0 N–H and O–H groups in total. The molecule has 0 radical (unpaired) electrons. The van der Waals surface area contributed by atoms with E-state index in [1.54, 1.807) is 18.4 Å². The Bertz CT molecular complexity index is 811. The number of alkyl halides is 1. The van der Waals surface area contributed by atoms with Gasteiger partial charge in [0.25, 0.3) is 0 Å². The van der Waals surface area contributed by atoms with Crippen molar-refractivity contribution in [2.24, 2.45) is 0 Å². The molecule has 3 heteroatoms. The van der Waals surface area contributed by atoms with E-state index in [2.05, 4.69) is 30.3 Å². The second-order valence-electron chi connectivity index (χ2n) is 5.37. The van der Waals surface area contributed by atoms with Gasteiger partial charge < -0.3 is 4.74 Å². The zero-order valence-corrected chi connectivity index (χ0v) is 13.3. The molecule has 0 amide bonds. The number of hydrogen-bond donors (Lipinski definition) is 0. The van der Waals surface area contributed by atoms with Crippen LogP contribution in [-0.2, 0) is 12.8 Å². The smallest absolute Gasteiger partial charge is 0.134 e. The molecule has 1 unspecified atom stereocenters. The fourth-order valence-electron chi connectivity index (χ4n) is 3.29. The number of rotatable bonds is 3. The summed E-state index contributed by atoms with van der Waals surface area (Å²) in [6.07, 6.45) is 2.29. The standard InChI is InChI=1S/C18H15ClOS/c1-20-15-9-10-21-18(15)17(19)14-8-7-12-6-5-11-3-2-4-13(14)16(11)12/h2-4,7-10,17H,5-6H2,1H3. The molecular formula is C18H15ClOS. The normalized spacial score (nSPS) is 14.6. The lowest BCUT2D eigenvalue weighted by Gasteiger charge is -2.14. The fraction of sp³-hybridized carbons (Fsp3) is 0.222. The molecule has 0 saturated heterocycles. The van der Waals surface area contributed by atoms with Crippen LogP contribution in [0, 0.1) is 0 Å². The lowest BCUT2D eigenvalue weighted by molar-refractivity contribution is 0.413. The van der Waals surface area contributed by atoms with E-state index < -0.39 is 0 Å². The van der Waals surface area contributed by atoms with E-state index in [0.29, 0.717) is 0 Å². The van der Waals surface area contributed by atoms with E-state index in [0.717, 1.165) is 23.5 Å². The Balaban J connectivity index is 1.92. The average Bonchev–Trinajstić information content (AvgIpc) is 3.15. The highest BCUT2D eigenvalue weighted by Crippen LogP contribution is 2.43. The first kappa shape index (κ1) is 13.2. The summed E-state index contributed by atoms with van der Waals surface area (Å²) in [5.41, 5.74) is 4.08. The van der Waals surface area contributed by atoms with Crippen molar-refractivity contribution in [3.8, 4) is 5.75 Å². The van der Waals surface area contributed by atoms with E-state index in [9.17, 15) is 0 Å². The number of methoxy groups -OCH3 is 1. The van der Waals surface area contributed by atoms with Crippen molar-refractivity contribution in [2.75, 3.05) is 7.11 Å². The van der Waals surface area contributed by atoms with Crippen molar-refractivity contribution in [1.82, 2.24) is 0 Å². The molecule has 1 aliphatic carbocycles. The maximum Gasteiger partial charge on any atom is 0.134 e. The third kappa shape index (κ3) is 1.97. The van der Waals surface area contributed by atoms with Crippen LogP contribution in [0.25, 0.3) is 10.8 Å². The molecule has 1 atom stereocenters. The fourth-order valence-corrected chi connectivity index (χ4v) is 4.60. The topological polar surface area (TPSA) is 9.23 Å². The molecule has 106 valence electrons. The summed E-state index contributed by atoms with van der Waals surface area (Å²) < 4.78 is 5.43. The van der Waals surface area contributed by atoms with Crippen molar-refractivity contribution in [2.45, 2.75) is 18.2 Å². The summed E-state index contributed by atoms with van der Waals surface area (Å²) in [6, 6.07) is 13.0. The molecule has 1 aliphatic rings. The summed E-state index contributed by atoms with van der Waals surface area (Å²) in [7, 11) is 1.70. The van der Waals surface area contributed by atoms with Crippen molar-refractivity contribution < 1.29 is 4.74 Å². The summed E-state index contributed by atoms with van der Waals surface area (Å²) in [5, 5.41) is 4.57. The van der Waals surface area contributed by atoms with Gasteiger partial charge in [-0.05, 0) is 51.8 Å². The van der Waals surface area contributed by atoms with Crippen LogP contribution < -0.4 is 4.74 Å². The minimum absolute atomic E-state index is 0.162. The van der Waals surface area contributed by atoms with Crippen molar-refractivity contribution in [3.63, 3.8) is 0 Å². The lowest BCUT2D eigenvalue weighted by Crippen LogP contribution is -1.96. The van der Waals surface area contributed by atoms with Crippen LogP contribution in [0.4, 0.5) is 0 Å². The number of benzene rings is 2. The third-order valence-electron chi connectivity index (χ3n) is 4.29. The van der Waals surface area contributed by atoms with Crippen LogP contribution in [0.5, 0.6) is 5.75 Å². The molecule has 1 nitrogen and oxygen atoms in total. The van der Waals surface area contributed by atoms with E-state index >= 15 is 0 Å². The molecule has 0 aliphatic heterocycles. The Morgan fingerprint density at radius 1 is 1.10 bits per heavy atom. The van der Waals surface area contributed by atoms with Crippen LogP contribution in [0.2, 0.25) is 0 Å². The van der Waals surface area contributed by atoms with Crippen LogP contribution >= 0.6 is 22.9 Å². The summed E-state index contributed by atoms with van der Waals surface area (Å²) >= 11 is 8.44. The number of halogens is 1. The first-order valence-electron chi connectivity index (χ1n) is 7.08. The van der Waals surface area contributed by atoms with Crippen LogP contribution in [0.1, 0.15) is 26.9 Å². The quantitative estimate of drug-likeness (QED) is 0.593. The second-order valence-corrected chi connectivity index (χ2v) is 6.75. The Morgan fingerprint density at radius 2 is 1.90 bits per heavy atom. The molecule has 3 aromatic rings. The molecule has 0 fully saturated rings. The van der Waals surface area contributed by atoms with Gasteiger partial charge in [0.05, 0.1) is 17.4 Å². The van der Waals surface area contributed by atoms with E-state index in [4.69, 9.17) is 16.3 Å². The highest BCUT2D eigenvalue weighted by Gasteiger charge is 2.22. The van der Waals surface area contributed by atoms with Crippen molar-refractivity contribution in [3.05, 3.63) is 63.3 Å². The first-order chi connectivity index (χ1) is 10.3. The first-order valence-corrected chi connectivity index (χ1v) is 8.40. The number of aryl methyl sites for hydroxylation is 2. The maximum atomic E-state index is 6.79. The largest absolute Gasteiger partial charge is 0.496 e. The molecule has 1 heterocycles. The van der Waals surface area contributed by atoms with Crippen LogP contribution in [-0.4, -0.2) is 7.11 Å². The van der Waals surface area contributed by atoms with Gasteiger partial charge in [0.1, 0.15) is 5.75 Å². The highest BCUT2D eigenvalue weighted by atomic mass is 35.5. The monoisotopic (exact) mass is 314 g/mol. The van der Waals surface area contributed by atoms with Crippen molar-refractivity contribution >= 4 is 33.7 Å². The van der Waals surface area contributed by atoms with E-state index in [-0.39, 0.29) is 5.38 Å². The van der Waals surface area contributed by atoms with Gasteiger partial charge in [0.2, 0.25) is 0 Å². The van der Waals surface area contributed by atoms with E-state index in [1.165, 1.54) is 27.5 Å². The van der Waals surface area contributed by atoms with Crippen molar-refractivity contribution in [1.29, 1.82) is 0 Å². The van der Waals surface area contributed by atoms with Crippen LogP contribution in [0.3, 0.4) is 0 Å². The zero-order chi connectivity index (χ0) is 14.4. The third-order valence-corrected chi connectivity index (χ3v) is 5.84. The van der Waals surface area contributed by atoms with E-state index in [1.807, 2.05) is 11.4 Å². The minimum atomic E-state index is -0.162. The number of ether oxygens (including phenoxy) is 1. The molecule has 21 heavy (non-hydrogen) atoms. The highest BCUT2D eigenvalue weighted by molar-refractivity contribution is 7.10. The van der Waals surface area contributed by atoms with Gasteiger partial charge in [0, 0.05) is 0 Å². The SMILES string of the molecule is COc1ccsc1C(Cl)c1ccc2c3c(cccc13)CC2. The summed E-state index contributed by atoms with van der Waals surface area (Å²) in [5.74, 6) is 0.878. The second kappa shape index (κ2) is 5.04. The Morgan fingerprint density at radius 3 is 2.71 bits per heavy atom. The molecule has 0 saturated carbocycles. The molecule has 2 aromatic carbocycles. The van der Waals surface area contributed by atoms with Gasteiger partial charge in [-0.1, -0.05) is 30.3 Å². The minimum Gasteiger partial charge on any atom is -0.496 e. The molecule has 1 aromatic heterocycles. The summed E-state index contributed by atoms with van der Waals surface area (Å²) in [4.78, 5) is 1.08. The molecule has 0 spiro atoms. The summed E-state index contributed by atoms with van der Waals surface area (Å²) in [6.45, 7) is 0. The maximum absolute atomic E-state index is 6.79. The Kier molecular flexibility index (Phi) is 3.16. The molecule has 0 bridgehead atoms. The predicted octanol–water partition coefficient (Wildman–Crippen LogP) is 5.34. The predicted molar refractivity (Wildman–Crippen MR) is 89.9 cm³/mol. The molecule has 4 rings (SSSR count). The van der Waals surface area contributed by atoms with Gasteiger partial charge in [-0.2, -0.15) is 0 Å². The van der Waals surface area contributed by atoms with Gasteiger partial charge in [-0.3, -0.25) is 0 Å². The lowest BCUT2D eigenvalue weighted by atomic mass is 9.97. The van der Waals surface area contributed by atoms with Gasteiger partial charge >= 0.3 is 0 Å². The zero-order valence-electron chi connectivity index (χ0n) is 11.7. The Hall–Kier alpha value is -1.51. The number of thiophene rings is 1. The Labute approximate surface area is 133 Å². The number of hydrogen-bond acceptors (Lipinski definition) is 2. The van der Waals surface area contributed by atoms with Crippen LogP contribution in [0.15, 0.2) is 41.8 Å². The van der Waals surface area contributed by atoms with Gasteiger partial charge in [-0.15, -0.1) is 22.9 Å². The van der Waals surface area contributed by atoms with Gasteiger partial charge in [-0.25, -0.2) is 0 Å². The molecular weight excluding hydrogens is 300 g/mol. The van der Waals surface area contributed by atoms with Gasteiger partial charge in [0.15, 0.2) is 0 Å². The average molecular weight is 315 g/mol.